The molecule has 28 heavy (non-hydrogen) atoms. The largest absolute Gasteiger partial charge is 0.407 e. The minimum atomic E-state index is -0.310. The van der Waals surface area contributed by atoms with Crippen LogP contribution in [0.5, 0.6) is 0 Å². The van der Waals surface area contributed by atoms with Crippen LogP contribution in [0.4, 0.5) is 11.7 Å². The smallest absolute Gasteiger partial charge is 0.322 e. The molecule has 1 aliphatic heterocycles. The maximum atomic E-state index is 12.4. The lowest BCUT2D eigenvalue weighted by Gasteiger charge is -2.15. The Kier molecular flexibility index (Phi) is 4.65. The van der Waals surface area contributed by atoms with Gasteiger partial charge in [-0.2, -0.15) is 0 Å². The fraction of sp³-hybridized carbons (Fsp3) is 0.238. The van der Waals surface area contributed by atoms with Crippen molar-refractivity contribution in [1.29, 1.82) is 0 Å². The van der Waals surface area contributed by atoms with Gasteiger partial charge < -0.3 is 9.32 Å². The number of aromatic nitrogens is 2. The van der Waals surface area contributed by atoms with Gasteiger partial charge in [-0.3, -0.25) is 14.9 Å². The summed E-state index contributed by atoms with van der Waals surface area (Å²) in [5.41, 5.74) is 3.38. The van der Waals surface area contributed by atoms with Crippen LogP contribution in [0.15, 0.2) is 52.9 Å². The Bertz CT molecular complexity index is 1010. The highest BCUT2D eigenvalue weighted by Gasteiger charge is 2.35. The highest BCUT2D eigenvalue weighted by Crippen LogP contribution is 2.31. The Morgan fingerprint density at radius 1 is 1.11 bits per heavy atom. The topological polar surface area (TPSA) is 88.3 Å². The van der Waals surface area contributed by atoms with Gasteiger partial charge in [0, 0.05) is 24.2 Å². The molecule has 1 aromatic heterocycles. The van der Waals surface area contributed by atoms with Crippen LogP contribution in [-0.2, 0) is 4.79 Å². The summed E-state index contributed by atoms with van der Waals surface area (Å²) < 4.78 is 5.62. The summed E-state index contributed by atoms with van der Waals surface area (Å²) in [5.74, 6) is -0.153. The molecule has 0 spiro atoms. The van der Waals surface area contributed by atoms with Gasteiger partial charge in [-0.15, -0.1) is 5.10 Å². The number of anilines is 2. The summed E-state index contributed by atoms with van der Waals surface area (Å²) in [6, 6.07) is 15.1. The molecule has 1 unspecified atom stereocenters. The van der Waals surface area contributed by atoms with E-state index < -0.39 is 0 Å². The molecular weight excluding hydrogens is 356 g/mol. The first-order chi connectivity index (χ1) is 13.5. The minimum absolute atomic E-state index is 0.00946. The average Bonchev–Trinajstić information content (AvgIpc) is 3.28. The second-order valence-electron chi connectivity index (χ2n) is 7.02. The fourth-order valence-electron chi connectivity index (χ4n) is 3.46. The van der Waals surface area contributed by atoms with Crippen LogP contribution in [0.25, 0.3) is 0 Å². The number of hydrogen-bond donors (Lipinski definition) is 1. The Balaban J connectivity index is 1.46. The zero-order chi connectivity index (χ0) is 19.7. The molecular formula is C21H20N4O3. The number of carbonyl (C=O) groups excluding carboxylic acids is 2. The summed E-state index contributed by atoms with van der Waals surface area (Å²) in [6.45, 7) is 4.34. The van der Waals surface area contributed by atoms with Gasteiger partial charge in [0.15, 0.2) is 0 Å². The van der Waals surface area contributed by atoms with E-state index in [9.17, 15) is 9.59 Å². The average molecular weight is 376 g/mol. The summed E-state index contributed by atoms with van der Waals surface area (Å²) in [5, 5.41) is 10.6. The number of rotatable bonds is 4. The van der Waals surface area contributed by atoms with E-state index in [2.05, 4.69) is 15.5 Å². The summed E-state index contributed by atoms with van der Waals surface area (Å²) in [7, 11) is 0. The van der Waals surface area contributed by atoms with Crippen molar-refractivity contribution in [3.8, 4) is 0 Å². The van der Waals surface area contributed by atoms with E-state index in [1.165, 1.54) is 0 Å². The fourth-order valence-corrected chi connectivity index (χ4v) is 3.46. The predicted molar refractivity (Wildman–Crippen MR) is 104 cm³/mol. The molecule has 0 saturated carbocycles. The first-order valence-electron chi connectivity index (χ1n) is 9.08. The Hall–Kier alpha value is -3.48. The normalized spacial score (nSPS) is 16.4. The highest BCUT2D eigenvalue weighted by molar-refractivity contribution is 6.03. The summed E-state index contributed by atoms with van der Waals surface area (Å²) in [4.78, 5) is 26.5. The third kappa shape index (κ3) is 3.64. The number of nitrogens with one attached hydrogen (secondary N) is 1. The number of para-hydroxylation sites is 1. The van der Waals surface area contributed by atoms with Crippen LogP contribution < -0.4 is 10.2 Å². The first-order valence-corrected chi connectivity index (χ1v) is 9.08. The Morgan fingerprint density at radius 2 is 1.82 bits per heavy atom. The number of aryl methyl sites for hydroxylation is 2. The number of benzene rings is 2. The molecule has 1 saturated heterocycles. The zero-order valence-corrected chi connectivity index (χ0v) is 15.7. The number of carbonyl (C=O) groups is 2. The lowest BCUT2D eigenvalue weighted by molar-refractivity contribution is -0.117. The van der Waals surface area contributed by atoms with E-state index in [1.54, 1.807) is 17.0 Å². The van der Waals surface area contributed by atoms with Gasteiger partial charge in [0.2, 0.25) is 11.8 Å². The molecule has 2 aromatic carbocycles. The molecule has 4 rings (SSSR count). The van der Waals surface area contributed by atoms with Gasteiger partial charge >= 0.3 is 6.01 Å². The van der Waals surface area contributed by atoms with Crippen molar-refractivity contribution >= 4 is 23.5 Å². The van der Waals surface area contributed by atoms with Crippen molar-refractivity contribution in [3.05, 3.63) is 71.1 Å². The van der Waals surface area contributed by atoms with Gasteiger partial charge in [-0.25, -0.2) is 0 Å². The molecule has 2 amide bonds. The lowest BCUT2D eigenvalue weighted by Crippen LogP contribution is -2.24. The van der Waals surface area contributed by atoms with Crippen molar-refractivity contribution in [1.82, 2.24) is 10.2 Å². The molecule has 2 heterocycles. The molecule has 0 radical (unpaired) electrons. The Morgan fingerprint density at radius 3 is 2.54 bits per heavy atom. The third-order valence-corrected chi connectivity index (χ3v) is 4.69. The quantitative estimate of drug-likeness (QED) is 0.753. The van der Waals surface area contributed by atoms with Crippen molar-refractivity contribution in [2.45, 2.75) is 26.2 Å². The Labute approximate surface area is 162 Å². The lowest BCUT2D eigenvalue weighted by atomic mass is 10.1. The maximum absolute atomic E-state index is 12.4. The van der Waals surface area contributed by atoms with Crippen LogP contribution >= 0.6 is 0 Å². The van der Waals surface area contributed by atoms with Crippen molar-refractivity contribution in [2.24, 2.45) is 0 Å². The second-order valence-corrected chi connectivity index (χ2v) is 7.02. The van der Waals surface area contributed by atoms with Crippen LogP contribution in [0.2, 0.25) is 0 Å². The molecule has 1 aliphatic rings. The minimum Gasteiger partial charge on any atom is -0.407 e. The van der Waals surface area contributed by atoms with E-state index in [-0.39, 0.29) is 23.7 Å². The van der Waals surface area contributed by atoms with Crippen molar-refractivity contribution in [2.75, 3.05) is 16.8 Å². The van der Waals surface area contributed by atoms with Gasteiger partial charge in [0.05, 0.1) is 5.92 Å². The van der Waals surface area contributed by atoms with Gasteiger partial charge in [-0.05, 0) is 38.1 Å². The van der Waals surface area contributed by atoms with Crippen LogP contribution in [0.3, 0.4) is 0 Å². The standard InChI is InChI=1S/C21H20N4O3/c1-13-8-14(2)10-15(9-13)19(27)22-21-24-23-20(28-21)16-11-18(26)25(12-16)17-6-4-3-5-7-17/h3-10,16H,11-12H2,1-2H3,(H,22,24,27). The van der Waals surface area contributed by atoms with Crippen molar-refractivity contribution < 1.29 is 14.0 Å². The predicted octanol–water partition coefficient (Wildman–Crippen LogP) is 3.46. The molecule has 1 atom stereocenters. The van der Waals surface area contributed by atoms with Gasteiger partial charge in [-0.1, -0.05) is 40.5 Å². The van der Waals surface area contributed by atoms with Crippen molar-refractivity contribution in [3.63, 3.8) is 0 Å². The number of nitrogens with zero attached hydrogens (tertiary/aromatic N) is 3. The van der Waals surface area contributed by atoms with Crippen LogP contribution in [-0.4, -0.2) is 28.6 Å². The van der Waals surface area contributed by atoms with Gasteiger partial charge in [0.1, 0.15) is 0 Å². The zero-order valence-electron chi connectivity index (χ0n) is 15.7. The van der Waals surface area contributed by atoms with E-state index in [1.807, 2.05) is 50.2 Å². The maximum Gasteiger partial charge on any atom is 0.322 e. The van der Waals surface area contributed by atoms with E-state index in [4.69, 9.17) is 4.42 Å². The summed E-state index contributed by atoms with van der Waals surface area (Å²) >= 11 is 0. The molecule has 1 N–H and O–H groups in total. The number of amides is 2. The third-order valence-electron chi connectivity index (χ3n) is 4.69. The highest BCUT2D eigenvalue weighted by atomic mass is 16.4. The SMILES string of the molecule is Cc1cc(C)cc(C(=O)Nc2nnc(C3CC(=O)N(c4ccccc4)C3)o2)c1. The molecule has 0 bridgehead atoms. The molecule has 0 aliphatic carbocycles. The van der Waals surface area contributed by atoms with E-state index >= 15 is 0 Å². The molecule has 7 nitrogen and oxygen atoms in total. The molecule has 7 heteroatoms. The monoisotopic (exact) mass is 376 g/mol. The van der Waals surface area contributed by atoms with E-state index in [0.717, 1.165) is 16.8 Å². The van der Waals surface area contributed by atoms with Crippen LogP contribution in [0, 0.1) is 13.8 Å². The molecule has 1 fully saturated rings. The van der Waals surface area contributed by atoms with Gasteiger partial charge in [0.25, 0.3) is 5.91 Å². The van der Waals surface area contributed by atoms with E-state index in [0.29, 0.717) is 24.4 Å². The molecule has 3 aromatic rings. The second kappa shape index (κ2) is 7.26. The first kappa shape index (κ1) is 17.9. The van der Waals surface area contributed by atoms with Crippen LogP contribution in [0.1, 0.15) is 39.7 Å². The number of hydrogen-bond acceptors (Lipinski definition) is 5. The molecule has 142 valence electrons. The summed E-state index contributed by atoms with van der Waals surface area (Å²) in [6.07, 6.45) is 0.293.